The SMILES string of the molecule is CN1CCCC(Oc2nc(NCc3cc(-c4ccccc4)no3)nc(N)c2-c2cc(C3CC3)[nH]n2)C1. The molecule has 1 unspecified atom stereocenters. The number of nitrogens with one attached hydrogen (secondary N) is 2. The van der Waals surface area contributed by atoms with E-state index in [-0.39, 0.29) is 6.10 Å². The monoisotopic (exact) mass is 486 g/mol. The molecule has 4 aromatic rings. The van der Waals surface area contributed by atoms with Crippen LogP contribution in [0.2, 0.25) is 0 Å². The fourth-order valence-electron chi connectivity index (χ4n) is 4.61. The lowest BCUT2D eigenvalue weighted by atomic mass is 10.1. The van der Waals surface area contributed by atoms with Crippen LogP contribution in [0.25, 0.3) is 22.5 Å². The molecule has 1 saturated carbocycles. The third kappa shape index (κ3) is 4.90. The third-order valence-electron chi connectivity index (χ3n) is 6.68. The average Bonchev–Trinajstić information content (AvgIpc) is 3.42. The normalized spacial score (nSPS) is 18.3. The van der Waals surface area contributed by atoms with Crippen LogP contribution in [0.5, 0.6) is 5.88 Å². The molecule has 2 aliphatic rings. The van der Waals surface area contributed by atoms with Crippen molar-refractivity contribution in [3.8, 4) is 28.4 Å². The van der Waals surface area contributed by atoms with Crippen molar-refractivity contribution in [2.45, 2.75) is 44.2 Å². The summed E-state index contributed by atoms with van der Waals surface area (Å²) in [4.78, 5) is 11.5. The maximum atomic E-state index is 6.47. The number of aromatic nitrogens is 5. The average molecular weight is 487 g/mol. The molecule has 4 N–H and O–H groups in total. The van der Waals surface area contributed by atoms with E-state index >= 15 is 0 Å². The van der Waals surface area contributed by atoms with Gasteiger partial charge in [-0.05, 0) is 45.3 Å². The van der Waals surface area contributed by atoms with E-state index in [1.807, 2.05) is 42.5 Å². The lowest BCUT2D eigenvalue weighted by Gasteiger charge is -2.30. The number of anilines is 2. The first-order chi connectivity index (χ1) is 17.6. The van der Waals surface area contributed by atoms with Crippen molar-refractivity contribution in [1.29, 1.82) is 0 Å². The molecule has 1 aromatic carbocycles. The van der Waals surface area contributed by atoms with Gasteiger partial charge in [-0.1, -0.05) is 35.5 Å². The fraction of sp³-hybridized carbons (Fsp3) is 0.385. The minimum Gasteiger partial charge on any atom is -0.472 e. The van der Waals surface area contributed by atoms with E-state index < -0.39 is 0 Å². The molecule has 1 saturated heterocycles. The molecule has 0 radical (unpaired) electrons. The smallest absolute Gasteiger partial charge is 0.230 e. The van der Waals surface area contributed by atoms with E-state index in [9.17, 15) is 0 Å². The Labute approximate surface area is 209 Å². The molecular formula is C26H30N8O2. The highest BCUT2D eigenvalue weighted by Crippen LogP contribution is 2.41. The van der Waals surface area contributed by atoms with Gasteiger partial charge in [-0.3, -0.25) is 5.10 Å². The first-order valence-electron chi connectivity index (χ1n) is 12.5. The molecule has 36 heavy (non-hydrogen) atoms. The standard InChI is InChI=1S/C26H30N8O2/c1-34-11-5-8-18(15-34)35-25-23(22-13-20(31-32-22)17-9-10-17)24(27)29-26(30-25)28-14-19-12-21(33-36-19)16-6-3-2-4-7-16/h2-4,6-7,12-13,17-18H,5,8-11,14-15H2,1H3,(H,31,32)(H3,27,28,29,30). The van der Waals surface area contributed by atoms with Crippen molar-refractivity contribution >= 4 is 11.8 Å². The lowest BCUT2D eigenvalue weighted by Crippen LogP contribution is -2.38. The Kier molecular flexibility index (Phi) is 6.02. The first kappa shape index (κ1) is 22.5. The van der Waals surface area contributed by atoms with Crippen LogP contribution in [0.15, 0.2) is 47.0 Å². The number of nitrogens with zero attached hydrogens (tertiary/aromatic N) is 5. The Bertz CT molecular complexity index is 1330. The summed E-state index contributed by atoms with van der Waals surface area (Å²) in [5.41, 5.74) is 10.7. The van der Waals surface area contributed by atoms with Crippen molar-refractivity contribution in [2.24, 2.45) is 0 Å². The Morgan fingerprint density at radius 2 is 2.00 bits per heavy atom. The van der Waals surface area contributed by atoms with Crippen LogP contribution in [0, 0.1) is 0 Å². The van der Waals surface area contributed by atoms with Gasteiger partial charge < -0.3 is 25.2 Å². The zero-order valence-electron chi connectivity index (χ0n) is 20.3. The zero-order chi connectivity index (χ0) is 24.5. The van der Waals surface area contributed by atoms with Gasteiger partial charge in [0.05, 0.1) is 6.54 Å². The number of ether oxygens (including phenoxy) is 1. The number of aromatic amines is 1. The van der Waals surface area contributed by atoms with Crippen LogP contribution in [-0.2, 0) is 6.54 Å². The van der Waals surface area contributed by atoms with E-state index in [0.717, 1.165) is 42.9 Å². The maximum absolute atomic E-state index is 6.47. The minimum absolute atomic E-state index is 0.0224. The summed E-state index contributed by atoms with van der Waals surface area (Å²) < 4.78 is 11.9. The molecule has 10 nitrogen and oxygen atoms in total. The highest BCUT2D eigenvalue weighted by atomic mass is 16.5. The molecule has 4 heterocycles. The molecule has 2 fully saturated rings. The summed E-state index contributed by atoms with van der Waals surface area (Å²) in [7, 11) is 2.11. The molecule has 6 rings (SSSR count). The second kappa shape index (κ2) is 9.62. The van der Waals surface area contributed by atoms with E-state index in [4.69, 9.17) is 20.0 Å². The summed E-state index contributed by atoms with van der Waals surface area (Å²) in [5, 5.41) is 15.0. The first-order valence-corrected chi connectivity index (χ1v) is 12.5. The highest BCUT2D eigenvalue weighted by Gasteiger charge is 2.28. The molecule has 0 spiro atoms. The lowest BCUT2D eigenvalue weighted by molar-refractivity contribution is 0.101. The van der Waals surface area contributed by atoms with Gasteiger partial charge >= 0.3 is 0 Å². The number of hydrogen-bond donors (Lipinski definition) is 3. The molecule has 1 aliphatic carbocycles. The van der Waals surface area contributed by atoms with Crippen molar-refractivity contribution in [1.82, 2.24) is 30.2 Å². The Balaban J connectivity index is 1.25. The molecular weight excluding hydrogens is 456 g/mol. The predicted molar refractivity (Wildman–Crippen MR) is 136 cm³/mol. The second-order valence-electron chi connectivity index (χ2n) is 9.64. The van der Waals surface area contributed by atoms with Gasteiger partial charge in [-0.15, -0.1) is 0 Å². The molecule has 1 aliphatic heterocycles. The van der Waals surface area contributed by atoms with Gasteiger partial charge in [-0.2, -0.15) is 15.1 Å². The van der Waals surface area contributed by atoms with E-state index in [1.165, 1.54) is 12.8 Å². The van der Waals surface area contributed by atoms with Crippen LogP contribution in [0.3, 0.4) is 0 Å². The number of H-pyrrole nitrogens is 1. The molecule has 0 amide bonds. The van der Waals surface area contributed by atoms with E-state index in [2.05, 4.69) is 37.6 Å². The largest absolute Gasteiger partial charge is 0.472 e. The molecule has 10 heteroatoms. The quantitative estimate of drug-likeness (QED) is 0.337. The molecule has 1 atom stereocenters. The van der Waals surface area contributed by atoms with E-state index in [1.54, 1.807) is 0 Å². The van der Waals surface area contributed by atoms with Crippen LogP contribution in [0.4, 0.5) is 11.8 Å². The number of rotatable bonds is 8. The summed E-state index contributed by atoms with van der Waals surface area (Å²) in [6, 6.07) is 13.8. The van der Waals surface area contributed by atoms with Crippen molar-refractivity contribution in [2.75, 3.05) is 31.2 Å². The number of hydrogen-bond acceptors (Lipinski definition) is 9. The Morgan fingerprint density at radius 3 is 2.81 bits per heavy atom. The van der Waals surface area contributed by atoms with Gasteiger partial charge in [0, 0.05) is 29.8 Å². The van der Waals surface area contributed by atoms with Gasteiger partial charge in [0.25, 0.3) is 0 Å². The van der Waals surface area contributed by atoms with Crippen molar-refractivity contribution < 1.29 is 9.26 Å². The van der Waals surface area contributed by atoms with Gasteiger partial charge in [0.15, 0.2) is 5.76 Å². The van der Waals surface area contributed by atoms with Crippen LogP contribution < -0.4 is 15.8 Å². The number of benzene rings is 1. The number of piperidine rings is 1. The second-order valence-corrected chi connectivity index (χ2v) is 9.64. The molecule has 3 aromatic heterocycles. The van der Waals surface area contributed by atoms with Crippen LogP contribution in [0.1, 0.15) is 43.1 Å². The van der Waals surface area contributed by atoms with Crippen LogP contribution >= 0.6 is 0 Å². The number of nitrogen functional groups attached to an aromatic ring is 1. The number of nitrogens with two attached hydrogens (primary N) is 1. The number of likely N-dealkylation sites (tertiary alicyclic amines) is 1. The predicted octanol–water partition coefficient (Wildman–Crippen LogP) is 4.07. The summed E-state index contributed by atoms with van der Waals surface area (Å²) in [6.45, 7) is 2.26. The zero-order valence-corrected chi connectivity index (χ0v) is 20.3. The highest BCUT2D eigenvalue weighted by molar-refractivity contribution is 5.77. The minimum atomic E-state index is 0.0224. The third-order valence-corrected chi connectivity index (χ3v) is 6.68. The van der Waals surface area contributed by atoms with Gasteiger partial charge in [0.2, 0.25) is 11.8 Å². The Hall–Kier alpha value is -3.92. The summed E-state index contributed by atoms with van der Waals surface area (Å²) in [6.07, 6.45) is 4.43. The summed E-state index contributed by atoms with van der Waals surface area (Å²) in [5.74, 6) is 2.35. The van der Waals surface area contributed by atoms with E-state index in [0.29, 0.717) is 47.1 Å². The maximum Gasteiger partial charge on any atom is 0.230 e. The molecule has 186 valence electrons. The van der Waals surface area contributed by atoms with Gasteiger partial charge in [-0.25, -0.2) is 0 Å². The van der Waals surface area contributed by atoms with Crippen molar-refractivity contribution in [3.05, 3.63) is 53.9 Å². The molecule has 0 bridgehead atoms. The van der Waals surface area contributed by atoms with Crippen molar-refractivity contribution in [3.63, 3.8) is 0 Å². The Morgan fingerprint density at radius 1 is 1.14 bits per heavy atom. The van der Waals surface area contributed by atoms with Gasteiger partial charge in [0.1, 0.15) is 28.9 Å². The topological polar surface area (TPSA) is 131 Å². The number of likely N-dealkylation sites (N-methyl/N-ethyl adjacent to an activating group) is 1. The van der Waals surface area contributed by atoms with Crippen LogP contribution in [-0.4, -0.2) is 56.5 Å². The fourth-order valence-corrected chi connectivity index (χ4v) is 4.61. The summed E-state index contributed by atoms with van der Waals surface area (Å²) >= 11 is 0.